The fourth-order valence-electron chi connectivity index (χ4n) is 3.69. The summed E-state index contributed by atoms with van der Waals surface area (Å²) in [5.74, 6) is 1.64. The third-order valence-electron chi connectivity index (χ3n) is 5.50. The van der Waals surface area contributed by atoms with E-state index in [0.717, 1.165) is 61.4 Å². The van der Waals surface area contributed by atoms with Crippen molar-refractivity contribution >= 4 is 5.96 Å². The minimum Gasteiger partial charge on any atom is -0.408 e. The predicted molar refractivity (Wildman–Crippen MR) is 101 cm³/mol. The number of hydrogen-bond donors (Lipinski definition) is 2. The topological polar surface area (TPSA) is 97.1 Å². The van der Waals surface area contributed by atoms with Crippen molar-refractivity contribution in [2.45, 2.75) is 51.2 Å². The normalized spacial score (nSPS) is 18.9. The molecule has 7 heteroatoms. The van der Waals surface area contributed by atoms with Gasteiger partial charge in [0.05, 0.1) is 12.7 Å². The van der Waals surface area contributed by atoms with Crippen molar-refractivity contribution in [3.8, 4) is 11.3 Å². The Kier molecular flexibility index (Phi) is 5.03. The Morgan fingerprint density at radius 3 is 2.70 bits per heavy atom. The highest BCUT2D eigenvalue weighted by Gasteiger charge is 2.33. The quantitative estimate of drug-likeness (QED) is 0.363. The van der Waals surface area contributed by atoms with Gasteiger partial charge in [0.15, 0.2) is 0 Å². The van der Waals surface area contributed by atoms with Crippen molar-refractivity contribution < 1.29 is 14.5 Å². The van der Waals surface area contributed by atoms with Crippen LogP contribution in [-0.2, 0) is 11.3 Å². The average molecular weight is 370 g/mol. The van der Waals surface area contributed by atoms with Crippen molar-refractivity contribution in [3.63, 3.8) is 0 Å². The van der Waals surface area contributed by atoms with E-state index < -0.39 is 0 Å². The Morgan fingerprint density at radius 2 is 2.04 bits per heavy atom. The molecule has 2 aromatic rings. The van der Waals surface area contributed by atoms with Crippen molar-refractivity contribution in [1.29, 1.82) is 0 Å². The fourth-order valence-corrected chi connectivity index (χ4v) is 3.69. The highest BCUT2D eigenvalue weighted by Crippen LogP contribution is 2.44. The van der Waals surface area contributed by atoms with Gasteiger partial charge in [0.2, 0.25) is 5.96 Å². The number of rotatable bonds is 5. The third-order valence-corrected chi connectivity index (χ3v) is 5.50. The molecular formula is C20H26N4O3. The smallest absolute Gasteiger partial charge is 0.233 e. The van der Waals surface area contributed by atoms with Gasteiger partial charge in [-0.25, -0.2) is 0 Å². The van der Waals surface area contributed by atoms with Gasteiger partial charge in [-0.2, -0.15) is 0 Å². The highest BCUT2D eigenvalue weighted by atomic mass is 16.5. The van der Waals surface area contributed by atoms with Crippen LogP contribution in [0.25, 0.3) is 11.3 Å². The number of guanidine groups is 1. The molecule has 1 aliphatic carbocycles. The van der Waals surface area contributed by atoms with E-state index in [1.165, 1.54) is 5.56 Å². The van der Waals surface area contributed by atoms with Gasteiger partial charge in [0.1, 0.15) is 11.5 Å². The van der Waals surface area contributed by atoms with Gasteiger partial charge in [-0.1, -0.05) is 34.6 Å². The van der Waals surface area contributed by atoms with Crippen LogP contribution in [0.15, 0.2) is 33.9 Å². The molecule has 1 aromatic heterocycles. The number of oxime groups is 1. The number of ether oxygens (including phenoxy) is 1. The van der Waals surface area contributed by atoms with Gasteiger partial charge in [-0.3, -0.25) is 0 Å². The Morgan fingerprint density at radius 1 is 1.30 bits per heavy atom. The molecule has 2 aliphatic rings. The Bertz CT molecular complexity index is 820. The number of hydrogen-bond acceptors (Lipinski definition) is 5. The van der Waals surface area contributed by atoms with Crippen molar-refractivity contribution in [1.82, 2.24) is 10.1 Å². The number of aromatic nitrogens is 1. The molecule has 0 radical (unpaired) electrons. The van der Waals surface area contributed by atoms with Crippen molar-refractivity contribution in [2.75, 3.05) is 13.1 Å². The summed E-state index contributed by atoms with van der Waals surface area (Å²) in [6, 6.07) is 8.24. The van der Waals surface area contributed by atoms with Crippen molar-refractivity contribution in [2.24, 2.45) is 10.9 Å². The zero-order valence-corrected chi connectivity index (χ0v) is 15.6. The van der Waals surface area contributed by atoms with Crippen LogP contribution in [0, 0.1) is 6.92 Å². The fraction of sp³-hybridized carbons (Fsp3) is 0.500. The van der Waals surface area contributed by atoms with Gasteiger partial charge in [-0.05, 0) is 38.2 Å². The van der Waals surface area contributed by atoms with Crippen LogP contribution in [0.5, 0.6) is 0 Å². The molecule has 1 aromatic carbocycles. The van der Waals surface area contributed by atoms with E-state index in [4.69, 9.17) is 20.2 Å². The molecule has 7 nitrogen and oxygen atoms in total. The minimum absolute atomic E-state index is 0.152. The van der Waals surface area contributed by atoms with E-state index in [1.807, 2.05) is 17.0 Å². The lowest BCUT2D eigenvalue weighted by Crippen LogP contribution is -2.44. The highest BCUT2D eigenvalue weighted by molar-refractivity contribution is 5.77. The molecule has 4 rings (SSSR count). The maximum atomic E-state index is 8.80. The third kappa shape index (κ3) is 3.78. The van der Waals surface area contributed by atoms with Gasteiger partial charge >= 0.3 is 0 Å². The number of benzene rings is 1. The molecule has 0 bridgehead atoms. The molecule has 3 N–H and O–H groups in total. The van der Waals surface area contributed by atoms with Crippen LogP contribution in [-0.4, -0.2) is 40.4 Å². The van der Waals surface area contributed by atoms with Gasteiger partial charge in [0, 0.05) is 30.1 Å². The van der Waals surface area contributed by atoms with E-state index in [-0.39, 0.29) is 12.1 Å². The molecule has 0 spiro atoms. The minimum atomic E-state index is 0.152. The first-order valence-corrected chi connectivity index (χ1v) is 9.56. The summed E-state index contributed by atoms with van der Waals surface area (Å²) in [6.45, 7) is 4.05. The number of likely N-dealkylation sites (tertiary alicyclic amines) is 1. The lowest BCUT2D eigenvalue weighted by molar-refractivity contribution is 0.00741. The number of nitrogens with two attached hydrogens (primary N) is 1. The van der Waals surface area contributed by atoms with E-state index in [2.05, 4.69) is 29.4 Å². The maximum absolute atomic E-state index is 8.80. The largest absolute Gasteiger partial charge is 0.408 e. The van der Waals surface area contributed by atoms with E-state index in [0.29, 0.717) is 12.5 Å². The monoisotopic (exact) mass is 370 g/mol. The molecule has 1 aliphatic heterocycles. The van der Waals surface area contributed by atoms with Crippen LogP contribution in [0.3, 0.4) is 0 Å². The first-order chi connectivity index (χ1) is 13.2. The van der Waals surface area contributed by atoms with E-state index in [9.17, 15) is 0 Å². The standard InChI is InChI=1S/C20H26N4O3/c1-13-4-2-3-5-16(13)18-17(19(27-23-18)14-6-7-14)12-26-15-8-10-24(11-9-15)20(21)22-25/h2-5,14-15,25H,6-12H2,1H3,(H2,21,22). The molecule has 1 saturated carbocycles. The number of aryl methyl sites for hydroxylation is 1. The second-order valence-electron chi connectivity index (χ2n) is 7.42. The van der Waals surface area contributed by atoms with Gasteiger partial charge in [0.25, 0.3) is 0 Å². The molecule has 27 heavy (non-hydrogen) atoms. The molecule has 1 saturated heterocycles. The average Bonchev–Trinajstić information content (AvgIpc) is 3.46. The van der Waals surface area contributed by atoms with Crippen LogP contribution in [0.2, 0.25) is 0 Å². The first-order valence-electron chi connectivity index (χ1n) is 9.56. The molecule has 2 heterocycles. The second-order valence-corrected chi connectivity index (χ2v) is 7.42. The van der Waals surface area contributed by atoms with Crippen LogP contribution >= 0.6 is 0 Å². The molecule has 2 fully saturated rings. The van der Waals surface area contributed by atoms with Crippen LogP contribution in [0.1, 0.15) is 48.5 Å². The van der Waals surface area contributed by atoms with Crippen molar-refractivity contribution in [3.05, 3.63) is 41.2 Å². The first kappa shape index (κ1) is 17.9. The summed E-state index contributed by atoms with van der Waals surface area (Å²) < 4.78 is 12.0. The van der Waals surface area contributed by atoms with E-state index >= 15 is 0 Å². The van der Waals surface area contributed by atoms with Gasteiger partial charge < -0.3 is 25.1 Å². The van der Waals surface area contributed by atoms with E-state index in [1.54, 1.807) is 0 Å². The SMILES string of the molecule is Cc1ccccc1-c1noc(C2CC2)c1COC1CCN(/C(N)=N/O)CC1. The summed E-state index contributed by atoms with van der Waals surface area (Å²) in [5.41, 5.74) is 9.95. The molecule has 144 valence electrons. The summed E-state index contributed by atoms with van der Waals surface area (Å²) in [5, 5.41) is 16.3. The second kappa shape index (κ2) is 7.60. The number of nitrogens with zero attached hydrogens (tertiary/aromatic N) is 3. The zero-order chi connectivity index (χ0) is 18.8. The Balaban J connectivity index is 1.47. The van der Waals surface area contributed by atoms with Crippen LogP contribution in [0.4, 0.5) is 0 Å². The zero-order valence-electron chi connectivity index (χ0n) is 15.6. The molecule has 0 atom stereocenters. The lowest BCUT2D eigenvalue weighted by atomic mass is 10.0. The molecular weight excluding hydrogens is 344 g/mol. The summed E-state index contributed by atoms with van der Waals surface area (Å²) in [6.07, 6.45) is 4.17. The number of piperidine rings is 1. The Labute approximate surface area is 158 Å². The predicted octanol–water partition coefficient (Wildman–Crippen LogP) is 3.21. The lowest BCUT2D eigenvalue weighted by Gasteiger charge is -2.31. The maximum Gasteiger partial charge on any atom is 0.233 e. The summed E-state index contributed by atoms with van der Waals surface area (Å²) >= 11 is 0. The van der Waals surface area contributed by atoms with Crippen LogP contribution < -0.4 is 5.73 Å². The van der Waals surface area contributed by atoms with Gasteiger partial charge in [-0.15, -0.1) is 0 Å². The molecule has 0 amide bonds. The summed E-state index contributed by atoms with van der Waals surface area (Å²) in [4.78, 5) is 1.87. The Hall–Kier alpha value is -2.54. The molecule has 0 unspecified atom stereocenters. The summed E-state index contributed by atoms with van der Waals surface area (Å²) in [7, 11) is 0.